The van der Waals surface area contributed by atoms with Crippen LogP contribution in [0.5, 0.6) is 0 Å². The van der Waals surface area contributed by atoms with Crippen LogP contribution in [0.25, 0.3) is 28.5 Å². The standard InChI is InChI=1S/C19H19N3O2/c1-19(2,3)13-6-4-5-12(9-13)15-10-16-18(22-15)20-11-14(21-16)7-8-17(23)24/h4-11H,1-3H3,(H,20,22)(H,23,24)/b8-7+. The molecule has 5 heteroatoms. The number of carboxylic acid groups (broad SMARTS) is 1. The van der Waals surface area contributed by atoms with Gasteiger partial charge in [0.2, 0.25) is 0 Å². The van der Waals surface area contributed by atoms with E-state index in [1.807, 2.05) is 18.2 Å². The van der Waals surface area contributed by atoms with Gasteiger partial charge in [-0.1, -0.05) is 39.0 Å². The molecule has 0 fully saturated rings. The van der Waals surface area contributed by atoms with E-state index in [0.717, 1.165) is 17.3 Å². The molecule has 1 aromatic carbocycles. The number of H-pyrrole nitrogens is 1. The second-order valence-electron chi connectivity index (χ2n) is 6.71. The van der Waals surface area contributed by atoms with Gasteiger partial charge in [0.15, 0.2) is 5.65 Å². The van der Waals surface area contributed by atoms with E-state index in [-0.39, 0.29) is 5.41 Å². The molecule has 2 heterocycles. The molecule has 5 nitrogen and oxygen atoms in total. The third-order valence-corrected chi connectivity index (χ3v) is 3.79. The third kappa shape index (κ3) is 3.35. The summed E-state index contributed by atoms with van der Waals surface area (Å²) in [5, 5.41) is 8.69. The Morgan fingerprint density at radius 3 is 2.75 bits per heavy atom. The average Bonchev–Trinajstić information content (AvgIpc) is 2.95. The van der Waals surface area contributed by atoms with E-state index in [1.54, 1.807) is 6.20 Å². The van der Waals surface area contributed by atoms with Crippen LogP contribution in [-0.4, -0.2) is 26.0 Å². The van der Waals surface area contributed by atoms with Crippen molar-refractivity contribution in [3.63, 3.8) is 0 Å². The van der Waals surface area contributed by atoms with Crippen molar-refractivity contribution in [2.24, 2.45) is 0 Å². The van der Waals surface area contributed by atoms with Crippen molar-refractivity contribution in [1.82, 2.24) is 15.0 Å². The molecule has 0 saturated carbocycles. The first kappa shape index (κ1) is 15.9. The highest BCUT2D eigenvalue weighted by Gasteiger charge is 2.14. The van der Waals surface area contributed by atoms with Gasteiger partial charge in [-0.05, 0) is 34.8 Å². The van der Waals surface area contributed by atoms with Gasteiger partial charge in [-0.2, -0.15) is 0 Å². The maximum absolute atomic E-state index is 10.6. The Morgan fingerprint density at radius 2 is 2.04 bits per heavy atom. The molecule has 0 bridgehead atoms. The Labute approximate surface area is 140 Å². The second-order valence-corrected chi connectivity index (χ2v) is 6.71. The maximum Gasteiger partial charge on any atom is 0.328 e. The van der Waals surface area contributed by atoms with Crippen LogP contribution in [-0.2, 0) is 10.2 Å². The van der Waals surface area contributed by atoms with E-state index < -0.39 is 5.97 Å². The summed E-state index contributed by atoms with van der Waals surface area (Å²) in [6, 6.07) is 10.3. The van der Waals surface area contributed by atoms with Crippen LogP contribution < -0.4 is 0 Å². The number of rotatable bonds is 3. The largest absolute Gasteiger partial charge is 0.478 e. The number of carbonyl (C=O) groups is 1. The molecule has 24 heavy (non-hydrogen) atoms. The van der Waals surface area contributed by atoms with Crippen LogP contribution in [0, 0.1) is 0 Å². The topological polar surface area (TPSA) is 78.9 Å². The lowest BCUT2D eigenvalue weighted by molar-refractivity contribution is -0.131. The fraction of sp³-hybridized carbons (Fsp3) is 0.211. The Balaban J connectivity index is 2.01. The number of hydrogen-bond acceptors (Lipinski definition) is 3. The number of aromatic nitrogens is 3. The van der Waals surface area contributed by atoms with E-state index in [4.69, 9.17) is 5.11 Å². The summed E-state index contributed by atoms with van der Waals surface area (Å²) in [5.41, 5.74) is 5.24. The number of aliphatic carboxylic acids is 1. The van der Waals surface area contributed by atoms with E-state index in [2.05, 4.69) is 47.9 Å². The van der Waals surface area contributed by atoms with E-state index >= 15 is 0 Å². The van der Waals surface area contributed by atoms with Gasteiger partial charge >= 0.3 is 5.97 Å². The summed E-state index contributed by atoms with van der Waals surface area (Å²) in [6.45, 7) is 6.55. The number of aromatic amines is 1. The van der Waals surface area contributed by atoms with E-state index in [9.17, 15) is 4.79 Å². The summed E-state index contributed by atoms with van der Waals surface area (Å²) >= 11 is 0. The summed E-state index contributed by atoms with van der Waals surface area (Å²) in [7, 11) is 0. The smallest absolute Gasteiger partial charge is 0.328 e. The van der Waals surface area contributed by atoms with Crippen molar-refractivity contribution >= 4 is 23.2 Å². The van der Waals surface area contributed by atoms with Crippen LogP contribution in [0.15, 0.2) is 42.6 Å². The monoisotopic (exact) mass is 321 g/mol. The fourth-order valence-corrected chi connectivity index (χ4v) is 2.46. The molecule has 0 atom stereocenters. The Bertz CT molecular complexity index is 933. The molecular formula is C19H19N3O2. The zero-order valence-corrected chi connectivity index (χ0v) is 13.9. The lowest BCUT2D eigenvalue weighted by atomic mass is 9.86. The minimum Gasteiger partial charge on any atom is -0.478 e. The minimum absolute atomic E-state index is 0.0767. The Hall–Kier alpha value is -2.95. The van der Waals surface area contributed by atoms with Gasteiger partial charge in [0.05, 0.1) is 11.9 Å². The molecule has 0 saturated heterocycles. The molecule has 3 aromatic rings. The summed E-state index contributed by atoms with van der Waals surface area (Å²) in [6.07, 6.45) is 4.03. The highest BCUT2D eigenvalue weighted by atomic mass is 16.4. The SMILES string of the molecule is CC(C)(C)c1cccc(-c2cc3nc(/C=C/C(=O)O)cnc3[nH]2)c1. The first-order valence-electron chi connectivity index (χ1n) is 7.70. The van der Waals surface area contributed by atoms with Crippen molar-refractivity contribution in [3.05, 3.63) is 53.9 Å². The zero-order chi connectivity index (χ0) is 17.3. The van der Waals surface area contributed by atoms with Gasteiger partial charge < -0.3 is 10.1 Å². The van der Waals surface area contributed by atoms with Gasteiger partial charge in [-0.15, -0.1) is 0 Å². The normalized spacial score (nSPS) is 12.1. The number of benzene rings is 1. The molecule has 2 aromatic heterocycles. The fourth-order valence-electron chi connectivity index (χ4n) is 2.46. The zero-order valence-electron chi connectivity index (χ0n) is 13.9. The van der Waals surface area contributed by atoms with E-state index in [0.29, 0.717) is 16.9 Å². The van der Waals surface area contributed by atoms with Crippen molar-refractivity contribution in [2.75, 3.05) is 0 Å². The molecule has 2 N–H and O–H groups in total. The molecule has 0 spiro atoms. The number of carboxylic acids is 1. The number of nitrogens with zero attached hydrogens (tertiary/aromatic N) is 2. The molecular weight excluding hydrogens is 302 g/mol. The first-order chi connectivity index (χ1) is 11.3. The molecule has 3 rings (SSSR count). The predicted molar refractivity (Wildman–Crippen MR) is 94.7 cm³/mol. The van der Waals surface area contributed by atoms with Crippen molar-refractivity contribution in [1.29, 1.82) is 0 Å². The van der Waals surface area contributed by atoms with Gasteiger partial charge in [-0.25, -0.2) is 14.8 Å². The third-order valence-electron chi connectivity index (χ3n) is 3.79. The van der Waals surface area contributed by atoms with Crippen LogP contribution >= 0.6 is 0 Å². The van der Waals surface area contributed by atoms with Gasteiger partial charge in [0.1, 0.15) is 5.52 Å². The highest BCUT2D eigenvalue weighted by Crippen LogP contribution is 2.28. The lowest BCUT2D eigenvalue weighted by Crippen LogP contribution is -2.10. The Kier molecular flexibility index (Phi) is 3.93. The van der Waals surface area contributed by atoms with Crippen LogP contribution in [0.2, 0.25) is 0 Å². The summed E-state index contributed by atoms with van der Waals surface area (Å²) in [4.78, 5) is 22.6. The number of fused-ring (bicyclic) bond motifs is 1. The van der Waals surface area contributed by atoms with Crippen LogP contribution in [0.3, 0.4) is 0 Å². The molecule has 0 unspecified atom stereocenters. The van der Waals surface area contributed by atoms with E-state index in [1.165, 1.54) is 11.6 Å². The first-order valence-corrected chi connectivity index (χ1v) is 7.70. The molecule has 0 aliphatic rings. The average molecular weight is 321 g/mol. The quantitative estimate of drug-likeness (QED) is 0.714. The predicted octanol–water partition coefficient (Wildman–Crippen LogP) is 4.02. The van der Waals surface area contributed by atoms with Gasteiger partial charge in [0.25, 0.3) is 0 Å². The van der Waals surface area contributed by atoms with Crippen molar-refractivity contribution < 1.29 is 9.90 Å². The number of nitrogens with one attached hydrogen (secondary N) is 1. The van der Waals surface area contributed by atoms with Crippen LogP contribution in [0.4, 0.5) is 0 Å². The molecule has 0 aliphatic heterocycles. The summed E-state index contributed by atoms with van der Waals surface area (Å²) < 4.78 is 0. The lowest BCUT2D eigenvalue weighted by Gasteiger charge is -2.19. The van der Waals surface area contributed by atoms with Crippen molar-refractivity contribution in [2.45, 2.75) is 26.2 Å². The molecule has 0 aliphatic carbocycles. The van der Waals surface area contributed by atoms with Gasteiger partial charge in [-0.3, -0.25) is 0 Å². The van der Waals surface area contributed by atoms with Crippen molar-refractivity contribution in [3.8, 4) is 11.3 Å². The highest BCUT2D eigenvalue weighted by molar-refractivity contribution is 5.86. The minimum atomic E-state index is -1.01. The second kappa shape index (κ2) is 5.92. The summed E-state index contributed by atoms with van der Waals surface area (Å²) in [5.74, 6) is -1.01. The molecule has 0 amide bonds. The van der Waals surface area contributed by atoms with Crippen LogP contribution in [0.1, 0.15) is 32.0 Å². The molecule has 122 valence electrons. The maximum atomic E-state index is 10.6. The molecule has 0 radical (unpaired) electrons. The van der Waals surface area contributed by atoms with Gasteiger partial charge in [0, 0.05) is 11.8 Å². The number of hydrogen-bond donors (Lipinski definition) is 2. The Morgan fingerprint density at radius 1 is 1.25 bits per heavy atom.